The fraction of sp³-hybridized carbons (Fsp3) is 0.250. The van der Waals surface area contributed by atoms with Gasteiger partial charge >= 0.3 is 0 Å². The van der Waals surface area contributed by atoms with Crippen LogP contribution in [0.15, 0.2) is 30.3 Å². The van der Waals surface area contributed by atoms with Gasteiger partial charge in [-0.25, -0.2) is 9.45 Å². The normalized spacial score (nSPS) is 15.9. The van der Waals surface area contributed by atoms with Crippen molar-refractivity contribution in [2.24, 2.45) is 0 Å². The van der Waals surface area contributed by atoms with Gasteiger partial charge in [-0.3, -0.25) is 9.63 Å². The maximum absolute atomic E-state index is 12.8. The summed E-state index contributed by atoms with van der Waals surface area (Å²) in [5, 5.41) is 1.32. The molecule has 0 bridgehead atoms. The van der Waals surface area contributed by atoms with Gasteiger partial charge in [-0.2, -0.15) is 0 Å². The molecule has 0 spiro atoms. The Hall–Kier alpha value is -1.68. The zero-order valence-corrected chi connectivity index (χ0v) is 8.73. The third-order valence-corrected chi connectivity index (χ3v) is 2.27. The van der Waals surface area contributed by atoms with E-state index < -0.39 is 0 Å². The molecule has 84 valence electrons. The number of amides is 1. The van der Waals surface area contributed by atoms with Crippen LogP contribution in [0, 0.1) is 5.82 Å². The van der Waals surface area contributed by atoms with Gasteiger partial charge in [0, 0.05) is 6.08 Å². The molecule has 1 saturated heterocycles. The molecule has 4 heteroatoms. The van der Waals surface area contributed by atoms with E-state index in [9.17, 15) is 9.18 Å². The Bertz CT molecular complexity index is 411. The minimum absolute atomic E-state index is 0.207. The average Bonchev–Trinajstić information content (AvgIpc) is 2.79. The number of nitrogens with zero attached hydrogens (tertiary/aromatic N) is 1. The van der Waals surface area contributed by atoms with Gasteiger partial charge in [-0.05, 0) is 30.2 Å². The van der Waals surface area contributed by atoms with E-state index in [1.165, 1.54) is 23.3 Å². The lowest BCUT2D eigenvalue weighted by Gasteiger charge is -2.10. The molecule has 0 aliphatic carbocycles. The summed E-state index contributed by atoms with van der Waals surface area (Å²) in [7, 11) is 0. The van der Waals surface area contributed by atoms with Crippen molar-refractivity contribution in [2.45, 2.75) is 6.42 Å². The van der Waals surface area contributed by atoms with Crippen LogP contribution in [-0.4, -0.2) is 24.1 Å². The lowest BCUT2D eigenvalue weighted by molar-refractivity contribution is -0.162. The van der Waals surface area contributed by atoms with Crippen molar-refractivity contribution in [2.75, 3.05) is 13.2 Å². The molecular weight excluding hydrogens is 209 g/mol. The van der Waals surface area contributed by atoms with Crippen LogP contribution < -0.4 is 0 Å². The van der Waals surface area contributed by atoms with Crippen molar-refractivity contribution in [1.29, 1.82) is 0 Å². The molecule has 0 aromatic heterocycles. The molecule has 0 saturated carbocycles. The monoisotopic (exact) mass is 221 g/mol. The van der Waals surface area contributed by atoms with Crippen LogP contribution in [-0.2, 0) is 9.63 Å². The summed E-state index contributed by atoms with van der Waals surface area (Å²) in [4.78, 5) is 16.6. The smallest absolute Gasteiger partial charge is 0.270 e. The molecule has 0 unspecified atom stereocenters. The van der Waals surface area contributed by atoms with Crippen molar-refractivity contribution in [3.05, 3.63) is 41.7 Å². The predicted octanol–water partition coefficient (Wildman–Crippen LogP) is 2.00. The highest BCUT2D eigenvalue weighted by Crippen LogP contribution is 2.08. The third-order valence-electron chi connectivity index (χ3n) is 2.27. The van der Waals surface area contributed by atoms with Gasteiger partial charge < -0.3 is 0 Å². The Kier molecular flexibility index (Phi) is 3.31. The summed E-state index contributed by atoms with van der Waals surface area (Å²) in [6.45, 7) is 1.20. The van der Waals surface area contributed by atoms with Gasteiger partial charge in [0.1, 0.15) is 5.82 Å². The Balaban J connectivity index is 2.00. The Morgan fingerprint density at radius 1 is 1.50 bits per heavy atom. The van der Waals surface area contributed by atoms with Gasteiger partial charge in [0.15, 0.2) is 0 Å². The minimum atomic E-state index is -0.313. The fourth-order valence-electron chi connectivity index (χ4n) is 1.48. The molecule has 16 heavy (non-hydrogen) atoms. The molecule has 1 aromatic rings. The number of hydroxylamine groups is 2. The Morgan fingerprint density at radius 2 is 2.38 bits per heavy atom. The Morgan fingerprint density at radius 3 is 3.06 bits per heavy atom. The highest BCUT2D eigenvalue weighted by molar-refractivity contribution is 5.91. The first-order valence-electron chi connectivity index (χ1n) is 5.14. The molecule has 1 amide bonds. The molecule has 1 aromatic carbocycles. The number of rotatable bonds is 2. The second-order valence-corrected chi connectivity index (χ2v) is 3.52. The SMILES string of the molecule is O=C(/C=C/c1cccc(F)c1)N1CCCO1. The first-order chi connectivity index (χ1) is 7.75. The average molecular weight is 221 g/mol. The molecule has 1 fully saturated rings. The van der Waals surface area contributed by atoms with Crippen LogP contribution >= 0.6 is 0 Å². The number of halogens is 1. The zero-order valence-electron chi connectivity index (χ0n) is 8.73. The summed E-state index contributed by atoms with van der Waals surface area (Å²) >= 11 is 0. The van der Waals surface area contributed by atoms with E-state index in [1.807, 2.05) is 0 Å². The first-order valence-corrected chi connectivity index (χ1v) is 5.14. The van der Waals surface area contributed by atoms with Gasteiger partial charge in [0.25, 0.3) is 5.91 Å². The molecule has 1 aliphatic heterocycles. The lowest BCUT2D eigenvalue weighted by atomic mass is 10.2. The van der Waals surface area contributed by atoms with Crippen LogP contribution in [0.5, 0.6) is 0 Å². The molecule has 1 heterocycles. The van der Waals surface area contributed by atoms with Gasteiger partial charge in [-0.15, -0.1) is 0 Å². The van der Waals surface area contributed by atoms with Gasteiger partial charge in [0.05, 0.1) is 13.2 Å². The third kappa shape index (κ3) is 2.67. The molecular formula is C12H12FNO2. The van der Waals surface area contributed by atoms with Crippen molar-refractivity contribution < 1.29 is 14.0 Å². The molecule has 0 atom stereocenters. The van der Waals surface area contributed by atoms with E-state index in [0.717, 1.165) is 6.42 Å². The van der Waals surface area contributed by atoms with Crippen LogP contribution in [0.2, 0.25) is 0 Å². The van der Waals surface area contributed by atoms with Crippen LogP contribution in [0.25, 0.3) is 6.08 Å². The van der Waals surface area contributed by atoms with E-state index >= 15 is 0 Å². The van der Waals surface area contributed by atoms with E-state index in [0.29, 0.717) is 18.7 Å². The maximum Gasteiger partial charge on any atom is 0.270 e. The van der Waals surface area contributed by atoms with Crippen molar-refractivity contribution in [3.8, 4) is 0 Å². The summed E-state index contributed by atoms with van der Waals surface area (Å²) < 4.78 is 12.8. The predicted molar refractivity (Wildman–Crippen MR) is 57.7 cm³/mol. The maximum atomic E-state index is 12.8. The summed E-state index contributed by atoms with van der Waals surface area (Å²) in [5.41, 5.74) is 0.660. The summed E-state index contributed by atoms with van der Waals surface area (Å²) in [6.07, 6.45) is 3.83. The minimum Gasteiger partial charge on any atom is -0.271 e. The number of benzene rings is 1. The zero-order chi connectivity index (χ0) is 11.4. The number of hydrogen-bond donors (Lipinski definition) is 0. The van der Waals surface area contributed by atoms with Gasteiger partial charge in [-0.1, -0.05) is 12.1 Å². The first kappa shape index (κ1) is 10.8. The molecule has 2 rings (SSSR count). The molecule has 0 radical (unpaired) electrons. The van der Waals surface area contributed by atoms with Gasteiger partial charge in [0.2, 0.25) is 0 Å². The standard InChI is InChI=1S/C12H12FNO2/c13-11-4-1-3-10(9-11)5-6-12(15)14-7-2-8-16-14/h1,3-6,9H,2,7-8H2/b6-5+. The van der Waals surface area contributed by atoms with Crippen molar-refractivity contribution in [3.63, 3.8) is 0 Å². The molecule has 1 aliphatic rings. The van der Waals surface area contributed by atoms with Crippen molar-refractivity contribution >= 4 is 12.0 Å². The lowest BCUT2D eigenvalue weighted by Crippen LogP contribution is -2.24. The van der Waals surface area contributed by atoms with Crippen LogP contribution in [0.3, 0.4) is 0 Å². The number of carbonyl (C=O) groups excluding carboxylic acids is 1. The molecule has 0 N–H and O–H groups in total. The topological polar surface area (TPSA) is 29.5 Å². The Labute approximate surface area is 93.1 Å². The molecule has 3 nitrogen and oxygen atoms in total. The van der Waals surface area contributed by atoms with E-state index in [4.69, 9.17) is 4.84 Å². The van der Waals surface area contributed by atoms with Crippen molar-refractivity contribution in [1.82, 2.24) is 5.06 Å². The largest absolute Gasteiger partial charge is 0.271 e. The van der Waals surface area contributed by atoms with E-state index in [1.54, 1.807) is 18.2 Å². The summed E-state index contributed by atoms with van der Waals surface area (Å²) in [6, 6.07) is 6.07. The van der Waals surface area contributed by atoms with Crippen LogP contribution in [0.1, 0.15) is 12.0 Å². The highest BCUT2D eigenvalue weighted by Gasteiger charge is 2.16. The van der Waals surface area contributed by atoms with E-state index in [-0.39, 0.29) is 11.7 Å². The highest BCUT2D eigenvalue weighted by atomic mass is 19.1. The second-order valence-electron chi connectivity index (χ2n) is 3.52. The van der Waals surface area contributed by atoms with Crippen LogP contribution in [0.4, 0.5) is 4.39 Å². The van der Waals surface area contributed by atoms with E-state index in [2.05, 4.69) is 0 Å². The number of carbonyl (C=O) groups is 1. The quantitative estimate of drug-likeness (QED) is 0.715. The second kappa shape index (κ2) is 4.90. The fourth-order valence-corrected chi connectivity index (χ4v) is 1.48. The summed E-state index contributed by atoms with van der Waals surface area (Å²) in [5.74, 6) is -0.520. The number of hydrogen-bond acceptors (Lipinski definition) is 2.